The quantitative estimate of drug-likeness (QED) is 0.369. The van der Waals surface area contributed by atoms with Gasteiger partial charge in [0.1, 0.15) is 18.0 Å². The molecule has 38 heavy (non-hydrogen) atoms. The lowest BCUT2D eigenvalue weighted by atomic mass is 9.36. The largest absolute Gasteiger partial charge is 0.460 e. The van der Waals surface area contributed by atoms with Crippen LogP contribution < -0.4 is 0 Å². The minimum Gasteiger partial charge on any atom is -0.460 e. The van der Waals surface area contributed by atoms with E-state index in [-0.39, 0.29) is 57.5 Å². The Morgan fingerprint density at radius 1 is 1.08 bits per heavy atom. The molecular formula is C32H48O6. The molecule has 4 aliphatic carbocycles. The molecule has 9 unspecified atom stereocenters. The van der Waals surface area contributed by atoms with Crippen LogP contribution in [0.4, 0.5) is 0 Å². The van der Waals surface area contributed by atoms with Gasteiger partial charge >= 0.3 is 5.97 Å². The highest BCUT2D eigenvalue weighted by atomic mass is 16.6. The molecule has 4 fully saturated rings. The Hall–Kier alpha value is -1.53. The van der Waals surface area contributed by atoms with Crippen molar-refractivity contribution in [2.24, 2.45) is 39.4 Å². The molecular weight excluding hydrogens is 480 g/mol. The van der Waals surface area contributed by atoms with Crippen molar-refractivity contribution in [1.29, 1.82) is 0 Å². The zero-order valence-electron chi connectivity index (χ0n) is 24.9. The first kappa shape index (κ1) is 28.0. The van der Waals surface area contributed by atoms with E-state index in [2.05, 4.69) is 34.6 Å². The lowest BCUT2D eigenvalue weighted by Gasteiger charge is -2.66. The van der Waals surface area contributed by atoms with Crippen molar-refractivity contribution < 1.29 is 29.0 Å². The van der Waals surface area contributed by atoms with Gasteiger partial charge in [-0.05, 0) is 92.1 Å². The number of epoxide rings is 1. The number of fused-ring (bicyclic) bond motifs is 5. The maximum atomic E-state index is 14.2. The number of allylic oxidation sites excluding steroid dienone is 1. The molecule has 6 nitrogen and oxygen atoms in total. The summed E-state index contributed by atoms with van der Waals surface area (Å²) in [7, 11) is 0. The Morgan fingerprint density at radius 2 is 1.71 bits per heavy atom. The van der Waals surface area contributed by atoms with Crippen molar-refractivity contribution in [2.75, 3.05) is 0 Å². The van der Waals surface area contributed by atoms with Gasteiger partial charge in [-0.15, -0.1) is 0 Å². The lowest BCUT2D eigenvalue weighted by Crippen LogP contribution is -2.64. The van der Waals surface area contributed by atoms with Crippen LogP contribution in [0.15, 0.2) is 11.6 Å². The number of hydrogen-bond donors (Lipinski definition) is 1. The molecule has 6 heteroatoms. The van der Waals surface area contributed by atoms with E-state index in [0.29, 0.717) is 25.0 Å². The van der Waals surface area contributed by atoms with Crippen molar-refractivity contribution in [2.45, 2.75) is 131 Å². The van der Waals surface area contributed by atoms with Gasteiger partial charge in [-0.1, -0.05) is 41.5 Å². The van der Waals surface area contributed by atoms with Gasteiger partial charge in [0.15, 0.2) is 5.78 Å². The van der Waals surface area contributed by atoms with E-state index in [4.69, 9.17) is 9.47 Å². The zero-order chi connectivity index (χ0) is 28.3. The number of esters is 1. The molecule has 0 amide bonds. The van der Waals surface area contributed by atoms with Crippen LogP contribution in [0.3, 0.4) is 0 Å². The van der Waals surface area contributed by atoms with Gasteiger partial charge in [-0.2, -0.15) is 0 Å². The fourth-order valence-electron chi connectivity index (χ4n) is 10.1. The van der Waals surface area contributed by atoms with Crippen LogP contribution >= 0.6 is 0 Å². The first-order chi connectivity index (χ1) is 17.3. The second kappa shape index (κ2) is 8.25. The Kier molecular flexibility index (Phi) is 6.08. The molecule has 9 atom stereocenters. The third-order valence-electron chi connectivity index (χ3n) is 12.5. The van der Waals surface area contributed by atoms with Crippen LogP contribution in [0.2, 0.25) is 0 Å². The zero-order valence-corrected chi connectivity index (χ0v) is 24.9. The second-order valence-electron chi connectivity index (χ2n) is 15.2. The van der Waals surface area contributed by atoms with Crippen molar-refractivity contribution >= 4 is 17.5 Å². The smallest absolute Gasteiger partial charge is 0.302 e. The predicted molar refractivity (Wildman–Crippen MR) is 144 cm³/mol. The van der Waals surface area contributed by atoms with Gasteiger partial charge in [0.25, 0.3) is 0 Å². The van der Waals surface area contributed by atoms with Crippen LogP contribution in [0.5, 0.6) is 0 Å². The Labute approximate surface area is 228 Å². The van der Waals surface area contributed by atoms with Gasteiger partial charge in [0, 0.05) is 24.7 Å². The average Bonchev–Trinajstić information content (AvgIpc) is 3.35. The predicted octanol–water partition coefficient (Wildman–Crippen LogP) is 5.59. The fourth-order valence-corrected chi connectivity index (χ4v) is 10.1. The van der Waals surface area contributed by atoms with E-state index in [1.54, 1.807) is 6.08 Å². The summed E-state index contributed by atoms with van der Waals surface area (Å²) in [5, 5.41) is 12.3. The van der Waals surface area contributed by atoms with Crippen LogP contribution in [0.1, 0.15) is 107 Å². The van der Waals surface area contributed by atoms with Gasteiger partial charge in [0.2, 0.25) is 0 Å². The first-order valence-electron chi connectivity index (χ1n) is 14.7. The Morgan fingerprint density at radius 3 is 2.29 bits per heavy atom. The first-order valence-corrected chi connectivity index (χ1v) is 14.7. The van der Waals surface area contributed by atoms with Crippen molar-refractivity contribution in [3.63, 3.8) is 0 Å². The van der Waals surface area contributed by atoms with Crippen LogP contribution in [-0.2, 0) is 23.9 Å². The maximum Gasteiger partial charge on any atom is 0.302 e. The van der Waals surface area contributed by atoms with Crippen LogP contribution in [0, 0.1) is 39.4 Å². The highest BCUT2D eigenvalue weighted by molar-refractivity contribution is 5.96. The van der Waals surface area contributed by atoms with Crippen molar-refractivity contribution in [3.8, 4) is 0 Å². The molecule has 0 aromatic carbocycles. The lowest BCUT2D eigenvalue weighted by molar-refractivity contribution is -0.180. The summed E-state index contributed by atoms with van der Waals surface area (Å²) in [5.74, 6) is -0.106. The standard InChI is InChI=1S/C32H48O6/c1-18(16-21(37-19(2)33)26-28(5,6)38-26)32(36)15-14-30(8)23(32)17-20(34)25-29(7)12-11-24(35)27(3,4)22(29)10-13-31(25,30)9/h17-18,21-22,25-26,36H,10-16H2,1-9H3. The molecule has 0 bridgehead atoms. The van der Waals surface area contributed by atoms with Crippen LogP contribution in [0.25, 0.3) is 0 Å². The second-order valence-corrected chi connectivity index (χ2v) is 15.2. The molecule has 1 heterocycles. The van der Waals surface area contributed by atoms with Crippen LogP contribution in [-0.4, -0.2) is 46.1 Å². The van der Waals surface area contributed by atoms with E-state index in [1.165, 1.54) is 6.92 Å². The number of hydrogen-bond acceptors (Lipinski definition) is 6. The molecule has 5 aliphatic rings. The summed E-state index contributed by atoms with van der Waals surface area (Å²) >= 11 is 0. The number of aliphatic hydroxyl groups is 1. The fraction of sp³-hybridized carbons (Fsp3) is 0.844. The van der Waals surface area contributed by atoms with Gasteiger partial charge in [-0.3, -0.25) is 14.4 Å². The topological polar surface area (TPSA) is 93.2 Å². The third kappa shape index (κ3) is 3.61. The van der Waals surface area contributed by atoms with E-state index in [1.807, 2.05) is 20.8 Å². The number of ether oxygens (including phenoxy) is 2. The minimum atomic E-state index is -1.14. The maximum absolute atomic E-state index is 14.2. The highest BCUT2D eigenvalue weighted by Gasteiger charge is 2.71. The Balaban J connectivity index is 1.50. The number of Topliss-reactive ketones (excluding diaryl/α,β-unsaturated/α-hetero) is 1. The number of carbonyl (C=O) groups excluding carboxylic acids is 3. The number of carbonyl (C=O) groups is 3. The summed E-state index contributed by atoms with van der Waals surface area (Å²) in [6.07, 6.45) is 6.12. The molecule has 212 valence electrons. The third-order valence-corrected chi connectivity index (χ3v) is 12.5. The molecule has 3 saturated carbocycles. The van der Waals surface area contributed by atoms with Crippen molar-refractivity contribution in [3.05, 3.63) is 11.6 Å². The molecule has 1 N–H and O–H groups in total. The summed E-state index contributed by atoms with van der Waals surface area (Å²) < 4.78 is 11.5. The molecule has 5 rings (SSSR count). The SMILES string of the molecule is CC(=O)OC(CC(C)C1(O)CCC2(C)C1=CC(=O)C1C3(C)CCC(=O)C(C)(C)C3CCC12C)C1OC1(C)C. The molecule has 1 saturated heterocycles. The molecule has 0 aromatic rings. The van der Waals surface area contributed by atoms with E-state index in [0.717, 1.165) is 31.3 Å². The van der Waals surface area contributed by atoms with E-state index in [9.17, 15) is 19.5 Å². The summed E-state index contributed by atoms with van der Waals surface area (Å²) in [4.78, 5) is 39.0. The van der Waals surface area contributed by atoms with Gasteiger partial charge < -0.3 is 14.6 Å². The molecule has 0 aromatic heterocycles. The summed E-state index contributed by atoms with van der Waals surface area (Å²) in [6, 6.07) is 0. The van der Waals surface area contributed by atoms with Crippen molar-refractivity contribution in [1.82, 2.24) is 0 Å². The van der Waals surface area contributed by atoms with E-state index >= 15 is 0 Å². The minimum absolute atomic E-state index is 0.119. The number of rotatable bonds is 5. The molecule has 0 spiro atoms. The molecule has 1 aliphatic heterocycles. The highest BCUT2D eigenvalue weighted by Crippen LogP contribution is 2.74. The number of ketones is 2. The normalized spacial score (nSPS) is 46.3. The average molecular weight is 529 g/mol. The molecule has 0 radical (unpaired) electrons. The summed E-state index contributed by atoms with van der Waals surface area (Å²) in [6.45, 7) is 18.4. The summed E-state index contributed by atoms with van der Waals surface area (Å²) in [5.41, 5.74) is -1.90. The van der Waals surface area contributed by atoms with E-state index < -0.39 is 17.1 Å². The Bertz CT molecular complexity index is 1100. The monoisotopic (exact) mass is 528 g/mol. The van der Waals surface area contributed by atoms with Gasteiger partial charge in [-0.25, -0.2) is 0 Å². The van der Waals surface area contributed by atoms with Gasteiger partial charge in [0.05, 0.1) is 11.2 Å².